The Bertz CT molecular complexity index is 873. The number of halogens is 5. The van der Waals surface area contributed by atoms with Crippen LogP contribution in [0.5, 0.6) is 5.75 Å². The summed E-state index contributed by atoms with van der Waals surface area (Å²) in [5.41, 5.74) is 2.30. The fourth-order valence-electron chi connectivity index (χ4n) is 2.16. The highest BCUT2D eigenvalue weighted by Crippen LogP contribution is 2.32. The molecule has 0 unspecified atom stereocenters. The number of alkyl halides is 3. The van der Waals surface area contributed by atoms with Crippen molar-refractivity contribution in [1.82, 2.24) is 14.8 Å². The second-order valence-electron chi connectivity index (χ2n) is 4.50. The Labute approximate surface area is 151 Å². The molecule has 0 amide bonds. The predicted molar refractivity (Wildman–Crippen MR) is 90.8 cm³/mol. The molecule has 0 fully saturated rings. The van der Waals surface area contributed by atoms with Gasteiger partial charge in [-0.05, 0) is 40.2 Å². The lowest BCUT2D eigenvalue weighted by molar-refractivity contribution is -0.0498. The molecule has 0 saturated carbocycles. The van der Waals surface area contributed by atoms with Gasteiger partial charge in [-0.1, -0.05) is 27.5 Å². The molecule has 1 aromatic carbocycles. The first-order chi connectivity index (χ1) is 11.0. The lowest BCUT2D eigenvalue weighted by Crippen LogP contribution is -2.07. The van der Waals surface area contributed by atoms with Crippen LogP contribution in [0.25, 0.3) is 16.7 Å². The molecule has 3 rings (SSSR count). The van der Waals surface area contributed by atoms with Gasteiger partial charge in [0.15, 0.2) is 5.75 Å². The third kappa shape index (κ3) is 3.34. The molecule has 0 saturated heterocycles. The van der Waals surface area contributed by atoms with Crippen LogP contribution in [0.4, 0.5) is 8.78 Å². The largest absolute Gasteiger partial charge is 0.433 e. The number of hydrogen-bond acceptors (Lipinski definition) is 3. The van der Waals surface area contributed by atoms with E-state index in [1.165, 1.54) is 22.9 Å². The molecule has 120 valence electrons. The Kier molecular flexibility index (Phi) is 4.84. The quantitative estimate of drug-likeness (QED) is 0.487. The van der Waals surface area contributed by atoms with Crippen LogP contribution in [0, 0.1) is 0 Å². The first kappa shape index (κ1) is 16.6. The average Bonchev–Trinajstić information content (AvgIpc) is 2.86. The summed E-state index contributed by atoms with van der Waals surface area (Å²) in [4.78, 5) is 4.33. The second kappa shape index (κ2) is 6.70. The van der Waals surface area contributed by atoms with Gasteiger partial charge in [0, 0.05) is 21.0 Å². The molecule has 2 heterocycles. The first-order valence-electron chi connectivity index (χ1n) is 6.33. The number of aromatic nitrogens is 3. The standard InChI is InChI=1S/C14H8Br2ClF2N3O/c15-5-9-13-11(3-7(16)6-20-13)22(21-9)10-4-8(17)1-2-12(10)23-14(18)19/h1-4,6,14H,5H2. The van der Waals surface area contributed by atoms with Crippen molar-refractivity contribution in [3.05, 3.63) is 45.7 Å². The Morgan fingerprint density at radius 1 is 1.30 bits per heavy atom. The molecule has 0 spiro atoms. The summed E-state index contributed by atoms with van der Waals surface area (Å²) >= 11 is 12.7. The monoisotopic (exact) mass is 465 g/mol. The summed E-state index contributed by atoms with van der Waals surface area (Å²) < 4.78 is 32.1. The van der Waals surface area contributed by atoms with Crippen molar-refractivity contribution in [1.29, 1.82) is 0 Å². The molecule has 0 N–H and O–H groups in total. The Balaban J connectivity index is 2.28. The van der Waals surface area contributed by atoms with Crippen LogP contribution in [0.1, 0.15) is 5.69 Å². The Hall–Kier alpha value is -1.25. The van der Waals surface area contributed by atoms with Gasteiger partial charge in [0.25, 0.3) is 0 Å². The van der Waals surface area contributed by atoms with Gasteiger partial charge in [-0.15, -0.1) is 0 Å². The highest BCUT2D eigenvalue weighted by atomic mass is 79.9. The predicted octanol–water partition coefficient (Wildman–Crippen LogP) is 5.33. The SMILES string of the molecule is FC(F)Oc1ccc(Cl)cc1-n1nc(CBr)c2ncc(Br)cc21. The van der Waals surface area contributed by atoms with Crippen LogP contribution >= 0.6 is 43.5 Å². The highest BCUT2D eigenvalue weighted by molar-refractivity contribution is 9.10. The van der Waals surface area contributed by atoms with Crippen LogP contribution in [-0.2, 0) is 5.33 Å². The number of fused-ring (bicyclic) bond motifs is 1. The van der Waals surface area contributed by atoms with E-state index in [-0.39, 0.29) is 5.75 Å². The van der Waals surface area contributed by atoms with Crippen molar-refractivity contribution in [2.24, 2.45) is 0 Å². The summed E-state index contributed by atoms with van der Waals surface area (Å²) in [6, 6.07) is 6.18. The van der Waals surface area contributed by atoms with Crippen molar-refractivity contribution in [2.75, 3.05) is 0 Å². The van der Waals surface area contributed by atoms with Gasteiger partial charge in [0.05, 0.1) is 11.2 Å². The Morgan fingerprint density at radius 2 is 2.09 bits per heavy atom. The molecular formula is C14H8Br2ClF2N3O. The van der Waals surface area contributed by atoms with Crippen molar-refractivity contribution >= 4 is 54.5 Å². The van der Waals surface area contributed by atoms with Gasteiger partial charge in [0.1, 0.15) is 11.2 Å². The Morgan fingerprint density at radius 3 is 2.78 bits per heavy atom. The maximum atomic E-state index is 12.7. The number of ether oxygens (including phenoxy) is 1. The van der Waals surface area contributed by atoms with E-state index >= 15 is 0 Å². The third-order valence-corrected chi connectivity index (χ3v) is 4.25. The fraction of sp³-hybridized carbons (Fsp3) is 0.143. The molecule has 0 aliphatic carbocycles. The zero-order valence-electron chi connectivity index (χ0n) is 11.3. The molecule has 4 nitrogen and oxygen atoms in total. The van der Waals surface area contributed by atoms with E-state index in [1.54, 1.807) is 12.3 Å². The van der Waals surface area contributed by atoms with Gasteiger partial charge in [-0.25, -0.2) is 4.68 Å². The minimum atomic E-state index is -2.95. The maximum Gasteiger partial charge on any atom is 0.387 e. The van der Waals surface area contributed by atoms with E-state index in [1.807, 2.05) is 0 Å². The van der Waals surface area contributed by atoms with E-state index in [2.05, 4.69) is 46.7 Å². The minimum Gasteiger partial charge on any atom is -0.433 e. The van der Waals surface area contributed by atoms with Gasteiger partial charge in [-0.3, -0.25) is 4.98 Å². The van der Waals surface area contributed by atoms with Gasteiger partial charge < -0.3 is 4.74 Å². The van der Waals surface area contributed by atoms with Gasteiger partial charge >= 0.3 is 6.61 Å². The fourth-order valence-corrected chi connectivity index (χ4v) is 3.02. The van der Waals surface area contributed by atoms with Crippen molar-refractivity contribution in [3.8, 4) is 11.4 Å². The van der Waals surface area contributed by atoms with Crippen molar-refractivity contribution in [3.63, 3.8) is 0 Å². The molecular weight excluding hydrogens is 459 g/mol. The van der Waals surface area contributed by atoms with E-state index < -0.39 is 6.61 Å². The summed E-state index contributed by atoms with van der Waals surface area (Å²) in [6.07, 6.45) is 1.65. The minimum absolute atomic E-state index is 0.0186. The first-order valence-corrected chi connectivity index (χ1v) is 8.62. The number of rotatable bonds is 4. The van der Waals surface area contributed by atoms with Crippen LogP contribution in [0.2, 0.25) is 5.02 Å². The third-order valence-electron chi connectivity index (χ3n) is 3.05. The van der Waals surface area contributed by atoms with E-state index in [0.29, 0.717) is 32.8 Å². The topological polar surface area (TPSA) is 39.9 Å². The molecule has 0 radical (unpaired) electrons. The van der Waals surface area contributed by atoms with Crippen molar-refractivity contribution in [2.45, 2.75) is 11.9 Å². The summed E-state index contributed by atoms with van der Waals surface area (Å²) in [6.45, 7) is -2.95. The molecule has 2 aromatic heterocycles. The molecule has 0 bridgehead atoms. The van der Waals surface area contributed by atoms with E-state index in [4.69, 9.17) is 11.6 Å². The summed E-state index contributed by atoms with van der Waals surface area (Å²) in [5.74, 6) is -0.0186. The molecule has 9 heteroatoms. The molecule has 3 aromatic rings. The number of benzene rings is 1. The van der Waals surface area contributed by atoms with Gasteiger partial charge in [-0.2, -0.15) is 13.9 Å². The van der Waals surface area contributed by atoms with Crippen molar-refractivity contribution < 1.29 is 13.5 Å². The average molecular weight is 467 g/mol. The lowest BCUT2D eigenvalue weighted by atomic mass is 10.2. The van der Waals surface area contributed by atoms with E-state index in [9.17, 15) is 8.78 Å². The summed E-state index contributed by atoms with van der Waals surface area (Å²) in [7, 11) is 0. The highest BCUT2D eigenvalue weighted by Gasteiger charge is 2.18. The smallest absolute Gasteiger partial charge is 0.387 e. The van der Waals surface area contributed by atoms with E-state index in [0.717, 1.165) is 4.47 Å². The number of nitrogens with zero attached hydrogens (tertiary/aromatic N) is 3. The number of hydrogen-bond donors (Lipinski definition) is 0. The van der Waals surface area contributed by atoms with Gasteiger partial charge in [0.2, 0.25) is 0 Å². The zero-order chi connectivity index (χ0) is 16.6. The molecule has 23 heavy (non-hydrogen) atoms. The maximum absolute atomic E-state index is 12.7. The summed E-state index contributed by atoms with van der Waals surface area (Å²) in [5, 5.41) is 5.28. The molecule has 0 aliphatic rings. The molecule has 0 aliphatic heterocycles. The zero-order valence-corrected chi connectivity index (χ0v) is 15.2. The van der Waals surface area contributed by atoms with Crippen LogP contribution < -0.4 is 4.74 Å². The number of pyridine rings is 1. The van der Waals surface area contributed by atoms with Crippen LogP contribution in [0.15, 0.2) is 34.9 Å². The lowest BCUT2D eigenvalue weighted by Gasteiger charge is -2.12. The van der Waals surface area contributed by atoms with Crippen LogP contribution in [-0.4, -0.2) is 21.4 Å². The normalized spacial score (nSPS) is 11.4. The second-order valence-corrected chi connectivity index (χ2v) is 6.42. The van der Waals surface area contributed by atoms with Crippen LogP contribution in [0.3, 0.4) is 0 Å². The molecule has 0 atom stereocenters.